The summed E-state index contributed by atoms with van der Waals surface area (Å²) in [5, 5.41) is 8.54. The summed E-state index contributed by atoms with van der Waals surface area (Å²) in [6, 6.07) is 13.8. The number of H-pyrrole nitrogens is 1. The monoisotopic (exact) mass is 378 g/mol. The third kappa shape index (κ3) is 2.71. The molecule has 0 saturated carbocycles. The van der Waals surface area contributed by atoms with Crippen LogP contribution in [0.2, 0.25) is 0 Å². The quantitative estimate of drug-likeness (QED) is 0.552. The topological polar surface area (TPSA) is 62.7 Å². The first kappa shape index (κ1) is 16.1. The van der Waals surface area contributed by atoms with E-state index in [1.165, 1.54) is 12.1 Å². The van der Waals surface area contributed by atoms with E-state index in [0.717, 1.165) is 33.7 Å². The number of halogens is 1. The standard InChI is InChI=1S/C20H15FN4OS/c21-12-5-7-13(8-6-12)25-19(16-10-27-11-18(16)24-25)23-20(26)15-9-22-17-4-2-1-3-14(15)17/h1-9,22H,10-11H2,(H,23,26). The van der Waals surface area contributed by atoms with Gasteiger partial charge in [0.05, 0.1) is 16.9 Å². The molecule has 1 aliphatic rings. The summed E-state index contributed by atoms with van der Waals surface area (Å²) in [6.07, 6.45) is 1.72. The van der Waals surface area contributed by atoms with Gasteiger partial charge in [-0.3, -0.25) is 4.79 Å². The molecule has 0 saturated heterocycles. The van der Waals surface area contributed by atoms with Gasteiger partial charge in [-0.25, -0.2) is 9.07 Å². The van der Waals surface area contributed by atoms with Crippen LogP contribution >= 0.6 is 11.8 Å². The lowest BCUT2D eigenvalue weighted by Crippen LogP contribution is -2.16. The van der Waals surface area contributed by atoms with E-state index in [-0.39, 0.29) is 11.7 Å². The number of benzene rings is 2. The molecule has 2 aromatic heterocycles. The number of hydrogen-bond donors (Lipinski definition) is 2. The summed E-state index contributed by atoms with van der Waals surface area (Å²) in [5.41, 5.74) is 4.19. The number of thioether (sulfide) groups is 1. The maximum atomic E-state index is 13.3. The first-order valence-electron chi connectivity index (χ1n) is 8.52. The number of carbonyl (C=O) groups is 1. The van der Waals surface area contributed by atoms with Gasteiger partial charge in [0.1, 0.15) is 11.6 Å². The second kappa shape index (κ2) is 6.28. The summed E-state index contributed by atoms with van der Waals surface area (Å²) in [4.78, 5) is 16.1. The largest absolute Gasteiger partial charge is 0.360 e. The van der Waals surface area contributed by atoms with E-state index >= 15 is 0 Å². The van der Waals surface area contributed by atoms with Crippen LogP contribution in [0.4, 0.5) is 10.2 Å². The Labute approximate surface area is 158 Å². The first-order valence-corrected chi connectivity index (χ1v) is 9.68. The lowest BCUT2D eigenvalue weighted by Gasteiger charge is -2.11. The highest BCUT2D eigenvalue weighted by Crippen LogP contribution is 2.36. The Morgan fingerprint density at radius 2 is 1.96 bits per heavy atom. The minimum Gasteiger partial charge on any atom is -0.360 e. The fourth-order valence-electron chi connectivity index (χ4n) is 3.34. The number of aromatic nitrogens is 3. The predicted molar refractivity (Wildman–Crippen MR) is 105 cm³/mol. The number of hydrogen-bond acceptors (Lipinski definition) is 3. The van der Waals surface area contributed by atoms with Crippen LogP contribution in [-0.2, 0) is 11.5 Å². The zero-order valence-electron chi connectivity index (χ0n) is 14.2. The van der Waals surface area contributed by atoms with Gasteiger partial charge in [0, 0.05) is 34.2 Å². The van der Waals surface area contributed by atoms with Gasteiger partial charge in [-0.1, -0.05) is 18.2 Å². The zero-order chi connectivity index (χ0) is 18.4. The number of anilines is 1. The normalized spacial score (nSPS) is 13.1. The Morgan fingerprint density at radius 3 is 2.81 bits per heavy atom. The van der Waals surface area contributed by atoms with E-state index in [0.29, 0.717) is 17.1 Å². The molecule has 2 N–H and O–H groups in total. The van der Waals surface area contributed by atoms with Crippen molar-refractivity contribution in [1.82, 2.24) is 14.8 Å². The number of carbonyl (C=O) groups excluding carboxylic acids is 1. The van der Waals surface area contributed by atoms with Crippen LogP contribution in [0.25, 0.3) is 16.6 Å². The van der Waals surface area contributed by atoms with Gasteiger partial charge in [-0.05, 0) is 30.3 Å². The molecule has 2 aromatic carbocycles. The van der Waals surface area contributed by atoms with Gasteiger partial charge in [-0.2, -0.15) is 16.9 Å². The number of rotatable bonds is 3. The molecule has 0 atom stereocenters. The lowest BCUT2D eigenvalue weighted by molar-refractivity contribution is 0.102. The van der Waals surface area contributed by atoms with Gasteiger partial charge < -0.3 is 10.3 Å². The Balaban J connectivity index is 1.56. The predicted octanol–water partition coefficient (Wildman–Crippen LogP) is 4.49. The molecular formula is C20H15FN4OS. The molecule has 0 unspecified atom stereocenters. The van der Waals surface area contributed by atoms with Gasteiger partial charge in [-0.15, -0.1) is 0 Å². The summed E-state index contributed by atoms with van der Waals surface area (Å²) < 4.78 is 15.0. The van der Waals surface area contributed by atoms with Crippen LogP contribution in [-0.4, -0.2) is 20.7 Å². The van der Waals surface area contributed by atoms with Crippen LogP contribution in [0.5, 0.6) is 0 Å². The molecule has 1 aliphatic heterocycles. The molecule has 5 rings (SSSR count). The minimum atomic E-state index is -0.307. The molecule has 134 valence electrons. The van der Waals surface area contributed by atoms with E-state index in [9.17, 15) is 9.18 Å². The third-order valence-electron chi connectivity index (χ3n) is 4.69. The van der Waals surface area contributed by atoms with E-state index in [1.54, 1.807) is 34.8 Å². The third-order valence-corrected chi connectivity index (χ3v) is 5.66. The molecular weight excluding hydrogens is 363 g/mol. The van der Waals surface area contributed by atoms with Crippen LogP contribution in [0, 0.1) is 5.82 Å². The highest BCUT2D eigenvalue weighted by molar-refractivity contribution is 7.98. The maximum absolute atomic E-state index is 13.3. The van der Waals surface area contributed by atoms with Crippen molar-refractivity contribution in [2.24, 2.45) is 0 Å². The minimum absolute atomic E-state index is 0.199. The van der Waals surface area contributed by atoms with Crippen molar-refractivity contribution in [2.45, 2.75) is 11.5 Å². The van der Waals surface area contributed by atoms with Gasteiger partial charge >= 0.3 is 0 Å². The van der Waals surface area contributed by atoms with E-state index in [1.807, 2.05) is 24.3 Å². The Bertz CT molecular complexity index is 1160. The fourth-order valence-corrected chi connectivity index (χ4v) is 4.38. The highest BCUT2D eigenvalue weighted by Gasteiger charge is 2.25. The van der Waals surface area contributed by atoms with Crippen molar-refractivity contribution in [3.63, 3.8) is 0 Å². The molecule has 0 radical (unpaired) electrons. The molecule has 27 heavy (non-hydrogen) atoms. The lowest BCUT2D eigenvalue weighted by atomic mass is 10.1. The maximum Gasteiger partial charge on any atom is 0.258 e. The number of amides is 1. The number of nitrogens with one attached hydrogen (secondary N) is 2. The molecule has 3 heterocycles. The van der Waals surface area contributed by atoms with Crippen molar-refractivity contribution in [2.75, 3.05) is 5.32 Å². The average Bonchev–Trinajstić information content (AvgIpc) is 3.38. The van der Waals surface area contributed by atoms with Crippen LogP contribution in [0.3, 0.4) is 0 Å². The Hall–Kier alpha value is -3.06. The second-order valence-corrected chi connectivity index (χ2v) is 7.34. The second-order valence-electron chi connectivity index (χ2n) is 6.36. The van der Waals surface area contributed by atoms with E-state index < -0.39 is 0 Å². The Morgan fingerprint density at radius 1 is 1.15 bits per heavy atom. The Kier molecular flexibility index (Phi) is 3.75. The first-order chi connectivity index (χ1) is 13.2. The number of fused-ring (bicyclic) bond motifs is 2. The summed E-state index contributed by atoms with van der Waals surface area (Å²) in [5.74, 6) is 1.74. The number of para-hydroxylation sites is 1. The molecule has 0 bridgehead atoms. The van der Waals surface area contributed by atoms with Crippen molar-refractivity contribution < 1.29 is 9.18 Å². The van der Waals surface area contributed by atoms with Crippen molar-refractivity contribution in [3.05, 3.63) is 77.4 Å². The molecule has 0 aliphatic carbocycles. The SMILES string of the molecule is O=C(Nc1c2c(nn1-c1ccc(F)cc1)CSC2)c1c[nH]c2ccccc12. The molecule has 0 fully saturated rings. The average molecular weight is 378 g/mol. The number of nitrogens with zero attached hydrogens (tertiary/aromatic N) is 2. The molecule has 4 aromatic rings. The number of aromatic amines is 1. The molecule has 1 amide bonds. The van der Waals surface area contributed by atoms with Crippen LogP contribution in [0.1, 0.15) is 21.6 Å². The van der Waals surface area contributed by atoms with Crippen molar-refractivity contribution >= 4 is 34.4 Å². The van der Waals surface area contributed by atoms with Crippen molar-refractivity contribution in [3.8, 4) is 5.69 Å². The summed E-state index contributed by atoms with van der Waals surface area (Å²) in [6.45, 7) is 0. The summed E-state index contributed by atoms with van der Waals surface area (Å²) >= 11 is 1.76. The zero-order valence-corrected chi connectivity index (χ0v) is 15.0. The van der Waals surface area contributed by atoms with Gasteiger partial charge in [0.25, 0.3) is 5.91 Å². The summed E-state index contributed by atoms with van der Waals surface area (Å²) in [7, 11) is 0. The van der Waals surface area contributed by atoms with Crippen LogP contribution in [0.15, 0.2) is 54.7 Å². The molecule has 7 heteroatoms. The highest BCUT2D eigenvalue weighted by atomic mass is 32.2. The van der Waals surface area contributed by atoms with E-state index in [4.69, 9.17) is 0 Å². The fraction of sp³-hybridized carbons (Fsp3) is 0.100. The molecule has 0 spiro atoms. The smallest absolute Gasteiger partial charge is 0.258 e. The van der Waals surface area contributed by atoms with Crippen molar-refractivity contribution in [1.29, 1.82) is 0 Å². The molecule has 5 nitrogen and oxygen atoms in total. The van der Waals surface area contributed by atoms with Gasteiger partial charge in [0.15, 0.2) is 0 Å². The van der Waals surface area contributed by atoms with Crippen LogP contribution < -0.4 is 5.32 Å². The van der Waals surface area contributed by atoms with E-state index in [2.05, 4.69) is 15.4 Å². The van der Waals surface area contributed by atoms with Gasteiger partial charge in [0.2, 0.25) is 0 Å².